The Morgan fingerprint density at radius 1 is 0.571 bits per heavy atom. The van der Waals surface area contributed by atoms with E-state index in [1.807, 2.05) is 72.8 Å². The molecule has 138 valence electrons. The first-order valence-corrected chi connectivity index (χ1v) is 9.40. The topological polar surface area (TPSA) is 49.8 Å². The lowest BCUT2D eigenvalue weighted by Gasteiger charge is -2.12. The molecule has 2 aromatic carbocycles. The molecule has 6 heteroatoms. The Morgan fingerprint density at radius 3 is 1.39 bits per heavy atom. The van der Waals surface area contributed by atoms with Gasteiger partial charge >= 0.3 is 0 Å². The maximum Gasteiger partial charge on any atom is 0.130 e. The third-order valence-corrected chi connectivity index (χ3v) is 4.75. The van der Waals surface area contributed by atoms with E-state index in [1.54, 1.807) is 12.4 Å². The number of hydrogen-bond donors (Lipinski definition) is 2. The molecule has 2 heterocycles. The van der Waals surface area contributed by atoms with E-state index in [0.29, 0.717) is 10.0 Å². The molecule has 0 radical (unpaired) electrons. The summed E-state index contributed by atoms with van der Waals surface area (Å²) in [4.78, 5) is 8.50. The largest absolute Gasteiger partial charge is 0.339 e. The van der Waals surface area contributed by atoms with Crippen molar-refractivity contribution in [1.82, 2.24) is 9.97 Å². The van der Waals surface area contributed by atoms with E-state index in [1.165, 1.54) is 0 Å². The highest BCUT2D eigenvalue weighted by molar-refractivity contribution is 6.34. The molecule has 4 aromatic rings. The number of benzene rings is 2. The lowest BCUT2D eigenvalue weighted by Crippen LogP contribution is -1.94. The van der Waals surface area contributed by atoms with Crippen LogP contribution < -0.4 is 10.6 Å². The van der Waals surface area contributed by atoms with Gasteiger partial charge in [-0.15, -0.1) is 0 Å². The van der Waals surface area contributed by atoms with Crippen LogP contribution in [-0.4, -0.2) is 9.97 Å². The van der Waals surface area contributed by atoms with Gasteiger partial charge in [0.15, 0.2) is 0 Å². The second-order valence-corrected chi connectivity index (χ2v) is 6.88. The van der Waals surface area contributed by atoms with Crippen LogP contribution in [0.1, 0.15) is 0 Å². The highest BCUT2D eigenvalue weighted by Gasteiger charge is 2.08. The summed E-state index contributed by atoms with van der Waals surface area (Å²) in [6, 6.07) is 23.0. The Morgan fingerprint density at radius 2 is 1.04 bits per heavy atom. The molecule has 0 saturated carbocycles. The molecule has 28 heavy (non-hydrogen) atoms. The van der Waals surface area contributed by atoms with Crippen molar-refractivity contribution in [3.8, 4) is 11.1 Å². The minimum Gasteiger partial charge on any atom is -0.339 e. The van der Waals surface area contributed by atoms with Gasteiger partial charge in [0.05, 0.1) is 21.4 Å². The van der Waals surface area contributed by atoms with Crippen molar-refractivity contribution in [1.29, 1.82) is 0 Å². The summed E-state index contributed by atoms with van der Waals surface area (Å²) < 4.78 is 0. The maximum atomic E-state index is 6.46. The molecule has 0 aliphatic rings. The molecule has 0 amide bonds. The fraction of sp³-hybridized carbons (Fsp3) is 0. The number of anilines is 4. The van der Waals surface area contributed by atoms with Crippen LogP contribution >= 0.6 is 23.2 Å². The lowest BCUT2D eigenvalue weighted by atomic mass is 10.0. The van der Waals surface area contributed by atoms with Crippen molar-refractivity contribution in [2.45, 2.75) is 0 Å². The van der Waals surface area contributed by atoms with E-state index in [-0.39, 0.29) is 0 Å². The van der Waals surface area contributed by atoms with Crippen LogP contribution in [0, 0.1) is 0 Å². The minimum absolute atomic E-state index is 0.606. The van der Waals surface area contributed by atoms with Crippen LogP contribution in [0.2, 0.25) is 10.0 Å². The fourth-order valence-corrected chi connectivity index (χ4v) is 3.20. The summed E-state index contributed by atoms with van der Waals surface area (Å²) in [5.41, 5.74) is 3.54. The SMILES string of the molecule is Clc1cc(-c2ccc(Nc3ccccn3)c(Cl)c2)ccc1Nc1ccccn1. The third kappa shape index (κ3) is 4.25. The molecule has 2 aromatic heterocycles. The van der Waals surface area contributed by atoms with Crippen molar-refractivity contribution in [3.63, 3.8) is 0 Å². The molecule has 0 atom stereocenters. The van der Waals surface area contributed by atoms with Gasteiger partial charge in [-0.25, -0.2) is 9.97 Å². The van der Waals surface area contributed by atoms with Crippen molar-refractivity contribution in [2.75, 3.05) is 10.6 Å². The van der Waals surface area contributed by atoms with Crippen LogP contribution in [0.3, 0.4) is 0 Å². The van der Waals surface area contributed by atoms with Crippen molar-refractivity contribution < 1.29 is 0 Å². The second-order valence-electron chi connectivity index (χ2n) is 6.07. The van der Waals surface area contributed by atoms with E-state index in [0.717, 1.165) is 34.1 Å². The van der Waals surface area contributed by atoms with Gasteiger partial charge in [-0.3, -0.25) is 0 Å². The van der Waals surface area contributed by atoms with Gasteiger partial charge in [0.25, 0.3) is 0 Å². The van der Waals surface area contributed by atoms with Gasteiger partial charge in [-0.2, -0.15) is 0 Å². The molecule has 0 aliphatic heterocycles. The predicted molar refractivity (Wildman–Crippen MR) is 117 cm³/mol. The summed E-state index contributed by atoms with van der Waals surface area (Å²) in [6.45, 7) is 0. The number of pyridine rings is 2. The number of halogens is 2. The standard InChI is InChI=1S/C22H16Cl2N4/c23-17-13-15(7-9-19(17)27-21-5-1-3-11-25-21)16-8-10-20(18(24)14-16)28-22-6-2-4-12-26-22/h1-14H,(H,25,27)(H,26,28). The monoisotopic (exact) mass is 406 g/mol. The average molecular weight is 407 g/mol. The van der Waals surface area contributed by atoms with Crippen LogP contribution in [0.15, 0.2) is 85.2 Å². The van der Waals surface area contributed by atoms with E-state index in [2.05, 4.69) is 20.6 Å². The van der Waals surface area contributed by atoms with Gasteiger partial charge in [0.2, 0.25) is 0 Å². The summed E-state index contributed by atoms with van der Waals surface area (Å²) in [5, 5.41) is 7.64. The van der Waals surface area contributed by atoms with Gasteiger partial charge < -0.3 is 10.6 Å². The van der Waals surface area contributed by atoms with Crippen molar-refractivity contribution in [3.05, 3.63) is 95.2 Å². The molecule has 0 spiro atoms. The Kier molecular flexibility index (Phi) is 5.42. The van der Waals surface area contributed by atoms with E-state index < -0.39 is 0 Å². The number of hydrogen-bond acceptors (Lipinski definition) is 4. The average Bonchev–Trinajstić information content (AvgIpc) is 2.72. The molecule has 0 aliphatic carbocycles. The van der Waals surface area contributed by atoms with Gasteiger partial charge in [0, 0.05) is 12.4 Å². The molecule has 0 fully saturated rings. The molecular weight excluding hydrogens is 391 g/mol. The lowest BCUT2D eigenvalue weighted by molar-refractivity contribution is 1.31. The molecule has 0 unspecified atom stereocenters. The van der Waals surface area contributed by atoms with Crippen LogP contribution in [0.25, 0.3) is 11.1 Å². The number of rotatable bonds is 5. The van der Waals surface area contributed by atoms with Crippen molar-refractivity contribution in [2.24, 2.45) is 0 Å². The van der Waals surface area contributed by atoms with Gasteiger partial charge in [0.1, 0.15) is 11.6 Å². The zero-order valence-electron chi connectivity index (χ0n) is 14.7. The summed E-state index contributed by atoms with van der Waals surface area (Å²) in [6.07, 6.45) is 3.46. The third-order valence-electron chi connectivity index (χ3n) is 4.13. The first kappa shape index (κ1) is 18.3. The van der Waals surface area contributed by atoms with Crippen molar-refractivity contribution >= 4 is 46.2 Å². The summed E-state index contributed by atoms with van der Waals surface area (Å²) in [5.74, 6) is 1.48. The Balaban J connectivity index is 1.55. The maximum absolute atomic E-state index is 6.46. The molecule has 2 N–H and O–H groups in total. The van der Waals surface area contributed by atoms with Crippen LogP contribution in [-0.2, 0) is 0 Å². The molecule has 4 nitrogen and oxygen atoms in total. The van der Waals surface area contributed by atoms with Crippen LogP contribution in [0.5, 0.6) is 0 Å². The smallest absolute Gasteiger partial charge is 0.130 e. The Hall–Kier alpha value is -3.08. The summed E-state index contributed by atoms with van der Waals surface area (Å²) >= 11 is 12.9. The zero-order valence-corrected chi connectivity index (χ0v) is 16.2. The highest BCUT2D eigenvalue weighted by Crippen LogP contribution is 2.34. The number of nitrogens with zero attached hydrogens (tertiary/aromatic N) is 2. The molecular formula is C22H16Cl2N4. The minimum atomic E-state index is 0.606. The Labute approximate surface area is 173 Å². The molecule has 4 rings (SSSR count). The Bertz CT molecular complexity index is 997. The zero-order chi connectivity index (χ0) is 19.3. The highest BCUT2D eigenvalue weighted by atomic mass is 35.5. The van der Waals surface area contributed by atoms with Gasteiger partial charge in [-0.05, 0) is 59.7 Å². The van der Waals surface area contributed by atoms with E-state index in [9.17, 15) is 0 Å². The van der Waals surface area contributed by atoms with E-state index >= 15 is 0 Å². The normalized spacial score (nSPS) is 10.5. The van der Waals surface area contributed by atoms with Crippen LogP contribution in [0.4, 0.5) is 23.0 Å². The molecule has 0 bridgehead atoms. The van der Waals surface area contributed by atoms with Gasteiger partial charge in [-0.1, -0.05) is 47.5 Å². The first-order chi connectivity index (χ1) is 13.7. The first-order valence-electron chi connectivity index (χ1n) is 8.64. The second kappa shape index (κ2) is 8.30. The number of aromatic nitrogens is 2. The quantitative estimate of drug-likeness (QED) is 0.376. The molecule has 0 saturated heterocycles. The predicted octanol–water partition coefficient (Wildman–Crippen LogP) is 6.94. The summed E-state index contributed by atoms with van der Waals surface area (Å²) in [7, 11) is 0. The van der Waals surface area contributed by atoms with E-state index in [4.69, 9.17) is 23.2 Å². The fourth-order valence-electron chi connectivity index (χ4n) is 2.74. The number of nitrogens with one attached hydrogen (secondary N) is 2.